The minimum atomic E-state index is -0.922. The van der Waals surface area contributed by atoms with Crippen LogP contribution in [0.1, 0.15) is 27.9 Å². The summed E-state index contributed by atoms with van der Waals surface area (Å²) < 4.78 is 15.9. The van der Waals surface area contributed by atoms with E-state index in [1.54, 1.807) is 19.2 Å². The summed E-state index contributed by atoms with van der Waals surface area (Å²) in [5, 5.41) is 8.97. The summed E-state index contributed by atoms with van der Waals surface area (Å²) in [6.07, 6.45) is 0.781. The highest BCUT2D eigenvalue weighted by Crippen LogP contribution is 2.25. The Balaban J connectivity index is 2.42. The molecule has 0 radical (unpaired) electrons. The largest absolute Gasteiger partial charge is 0.493 e. The third-order valence-corrected chi connectivity index (χ3v) is 2.82. The number of hydrogen-bond donors (Lipinski definition) is 1. The van der Waals surface area contributed by atoms with Gasteiger partial charge in [-0.25, -0.2) is 4.79 Å². The molecule has 0 aliphatic carbocycles. The van der Waals surface area contributed by atoms with Gasteiger partial charge in [0, 0.05) is 20.1 Å². The molecule has 1 aromatic rings. The molecule has 0 saturated carbocycles. The van der Waals surface area contributed by atoms with Crippen molar-refractivity contribution in [2.24, 2.45) is 0 Å². The van der Waals surface area contributed by atoms with Crippen molar-refractivity contribution in [2.45, 2.75) is 20.3 Å². The minimum absolute atomic E-state index is 0.287. The first-order chi connectivity index (χ1) is 9.56. The van der Waals surface area contributed by atoms with Gasteiger partial charge in [0.25, 0.3) is 0 Å². The summed E-state index contributed by atoms with van der Waals surface area (Å²) in [4.78, 5) is 10.9. The molecule has 0 unspecified atom stereocenters. The summed E-state index contributed by atoms with van der Waals surface area (Å²) in [5.41, 5.74) is 1.96. The van der Waals surface area contributed by atoms with E-state index < -0.39 is 5.97 Å². The fourth-order valence-corrected chi connectivity index (χ4v) is 1.88. The van der Waals surface area contributed by atoms with Crippen molar-refractivity contribution in [1.82, 2.24) is 0 Å². The fraction of sp³-hybridized carbons (Fsp3) is 0.533. The van der Waals surface area contributed by atoms with Crippen molar-refractivity contribution in [3.63, 3.8) is 0 Å². The SMILES string of the molecule is COCCOCCCOc1c(C)cc(C(=O)O)cc1C. The molecule has 0 aliphatic rings. The molecule has 1 rings (SSSR count). The second-order valence-electron chi connectivity index (χ2n) is 4.55. The molecule has 0 bridgehead atoms. The van der Waals surface area contributed by atoms with Crippen LogP contribution in [-0.4, -0.2) is 44.6 Å². The van der Waals surface area contributed by atoms with E-state index in [1.165, 1.54) is 0 Å². The van der Waals surface area contributed by atoms with E-state index in [4.69, 9.17) is 19.3 Å². The first-order valence-corrected chi connectivity index (χ1v) is 6.60. The summed E-state index contributed by atoms with van der Waals surface area (Å²) in [6.45, 7) is 6.04. The Morgan fingerprint density at radius 2 is 1.75 bits per heavy atom. The third-order valence-electron chi connectivity index (χ3n) is 2.82. The van der Waals surface area contributed by atoms with Crippen LogP contribution >= 0.6 is 0 Å². The predicted octanol–water partition coefficient (Wildman–Crippen LogP) is 2.43. The lowest BCUT2D eigenvalue weighted by atomic mass is 10.1. The minimum Gasteiger partial charge on any atom is -0.493 e. The third kappa shape index (κ3) is 5.19. The van der Waals surface area contributed by atoms with Crippen LogP contribution in [-0.2, 0) is 9.47 Å². The van der Waals surface area contributed by atoms with Crippen molar-refractivity contribution in [2.75, 3.05) is 33.5 Å². The van der Waals surface area contributed by atoms with Crippen LogP contribution in [0.3, 0.4) is 0 Å². The van der Waals surface area contributed by atoms with Gasteiger partial charge in [0.05, 0.1) is 25.4 Å². The number of carboxylic acid groups (broad SMARTS) is 1. The summed E-state index contributed by atoms with van der Waals surface area (Å²) >= 11 is 0. The zero-order valence-electron chi connectivity index (χ0n) is 12.3. The van der Waals surface area contributed by atoms with E-state index in [2.05, 4.69) is 0 Å². The molecule has 112 valence electrons. The average Bonchev–Trinajstić information content (AvgIpc) is 2.40. The molecule has 0 saturated heterocycles. The van der Waals surface area contributed by atoms with Gasteiger partial charge in [-0.2, -0.15) is 0 Å². The van der Waals surface area contributed by atoms with Gasteiger partial charge in [0.1, 0.15) is 5.75 Å². The van der Waals surface area contributed by atoms with E-state index in [1.807, 2.05) is 13.8 Å². The van der Waals surface area contributed by atoms with Crippen molar-refractivity contribution in [3.05, 3.63) is 28.8 Å². The Bertz CT molecular complexity index is 419. The van der Waals surface area contributed by atoms with E-state index in [0.29, 0.717) is 26.4 Å². The first-order valence-electron chi connectivity index (χ1n) is 6.60. The van der Waals surface area contributed by atoms with Crippen LogP contribution in [0.5, 0.6) is 5.75 Å². The Labute approximate surface area is 119 Å². The quantitative estimate of drug-likeness (QED) is 0.705. The van der Waals surface area contributed by atoms with Gasteiger partial charge in [0.15, 0.2) is 0 Å². The lowest BCUT2D eigenvalue weighted by Crippen LogP contribution is -2.08. The summed E-state index contributed by atoms with van der Waals surface area (Å²) in [6, 6.07) is 3.25. The normalized spacial score (nSPS) is 10.6. The number of ether oxygens (including phenoxy) is 3. The maximum absolute atomic E-state index is 10.9. The zero-order valence-corrected chi connectivity index (χ0v) is 12.3. The average molecular weight is 282 g/mol. The molecule has 1 N–H and O–H groups in total. The summed E-state index contributed by atoms with van der Waals surface area (Å²) in [5.74, 6) is -0.166. The topological polar surface area (TPSA) is 65.0 Å². The van der Waals surface area contributed by atoms with Crippen LogP contribution in [0, 0.1) is 13.8 Å². The molecule has 0 fully saturated rings. The Hall–Kier alpha value is -1.59. The number of carboxylic acids is 1. The highest BCUT2D eigenvalue weighted by Gasteiger charge is 2.10. The molecule has 5 nitrogen and oxygen atoms in total. The number of aromatic carboxylic acids is 1. The lowest BCUT2D eigenvalue weighted by molar-refractivity contribution is 0.0643. The van der Waals surface area contributed by atoms with E-state index in [0.717, 1.165) is 23.3 Å². The van der Waals surface area contributed by atoms with Crippen molar-refractivity contribution < 1.29 is 24.1 Å². The van der Waals surface area contributed by atoms with Crippen molar-refractivity contribution in [1.29, 1.82) is 0 Å². The number of carbonyl (C=O) groups is 1. The molecule has 0 aliphatic heterocycles. The highest BCUT2D eigenvalue weighted by atomic mass is 16.5. The molecule has 0 heterocycles. The maximum atomic E-state index is 10.9. The van der Waals surface area contributed by atoms with Gasteiger partial charge in [0.2, 0.25) is 0 Å². The molecular weight excluding hydrogens is 260 g/mol. The van der Waals surface area contributed by atoms with Crippen LogP contribution in [0.15, 0.2) is 12.1 Å². The Morgan fingerprint density at radius 3 is 2.30 bits per heavy atom. The van der Waals surface area contributed by atoms with Gasteiger partial charge in [-0.3, -0.25) is 0 Å². The smallest absolute Gasteiger partial charge is 0.335 e. The Kier molecular flexibility index (Phi) is 7.04. The van der Waals surface area contributed by atoms with Crippen molar-refractivity contribution in [3.8, 4) is 5.75 Å². The highest BCUT2D eigenvalue weighted by molar-refractivity contribution is 5.88. The number of methoxy groups -OCH3 is 1. The van der Waals surface area contributed by atoms with E-state index in [9.17, 15) is 4.79 Å². The molecule has 5 heteroatoms. The second kappa shape index (κ2) is 8.55. The van der Waals surface area contributed by atoms with Gasteiger partial charge in [-0.1, -0.05) is 0 Å². The van der Waals surface area contributed by atoms with Gasteiger partial charge in [-0.05, 0) is 37.1 Å². The van der Waals surface area contributed by atoms with Gasteiger partial charge < -0.3 is 19.3 Å². The van der Waals surface area contributed by atoms with Crippen LogP contribution in [0.2, 0.25) is 0 Å². The first kappa shape index (κ1) is 16.5. The molecular formula is C15H22O5. The Morgan fingerprint density at radius 1 is 1.10 bits per heavy atom. The number of aryl methyl sites for hydroxylation is 2. The fourth-order valence-electron chi connectivity index (χ4n) is 1.88. The second-order valence-corrected chi connectivity index (χ2v) is 4.55. The number of hydrogen-bond acceptors (Lipinski definition) is 4. The van der Waals surface area contributed by atoms with Crippen LogP contribution in [0.4, 0.5) is 0 Å². The molecule has 0 amide bonds. The lowest BCUT2D eigenvalue weighted by Gasteiger charge is -2.13. The van der Waals surface area contributed by atoms with E-state index in [-0.39, 0.29) is 5.56 Å². The van der Waals surface area contributed by atoms with Crippen LogP contribution < -0.4 is 4.74 Å². The van der Waals surface area contributed by atoms with E-state index >= 15 is 0 Å². The maximum Gasteiger partial charge on any atom is 0.335 e. The number of rotatable bonds is 9. The number of benzene rings is 1. The zero-order chi connectivity index (χ0) is 15.0. The van der Waals surface area contributed by atoms with Gasteiger partial charge >= 0.3 is 5.97 Å². The van der Waals surface area contributed by atoms with Gasteiger partial charge in [-0.15, -0.1) is 0 Å². The molecule has 0 atom stereocenters. The molecule has 1 aromatic carbocycles. The van der Waals surface area contributed by atoms with Crippen molar-refractivity contribution >= 4 is 5.97 Å². The molecule has 20 heavy (non-hydrogen) atoms. The molecule has 0 spiro atoms. The van der Waals surface area contributed by atoms with Crippen LogP contribution in [0.25, 0.3) is 0 Å². The molecule has 0 aromatic heterocycles. The summed E-state index contributed by atoms with van der Waals surface area (Å²) in [7, 11) is 1.64. The monoisotopic (exact) mass is 282 g/mol. The predicted molar refractivity (Wildman–Crippen MR) is 75.7 cm³/mol. The standard InChI is InChI=1S/C15H22O5/c1-11-9-13(15(16)17)10-12(2)14(11)20-6-4-5-19-8-7-18-3/h9-10H,4-8H2,1-3H3,(H,16,17).